The summed E-state index contributed by atoms with van der Waals surface area (Å²) in [7, 11) is -2.33. The van der Waals surface area contributed by atoms with Crippen LogP contribution in [0.15, 0.2) is 11.0 Å². The van der Waals surface area contributed by atoms with E-state index in [1.54, 1.807) is 13.0 Å². The molecule has 1 aromatic rings. The molecule has 1 aromatic heterocycles. The topological polar surface area (TPSA) is 63.7 Å². The van der Waals surface area contributed by atoms with Crippen LogP contribution in [0.25, 0.3) is 0 Å². The Bertz CT molecular complexity index is 591. The van der Waals surface area contributed by atoms with Crippen LogP contribution in [0.5, 0.6) is 0 Å². The van der Waals surface area contributed by atoms with Gasteiger partial charge in [-0.25, -0.2) is 8.42 Å². The Hall–Kier alpha value is -0.920. The summed E-state index contributed by atoms with van der Waals surface area (Å²) >= 11 is 1.45. The molecule has 1 saturated heterocycles. The maximum Gasteiger partial charge on any atom is 0.324 e. The molecule has 0 radical (unpaired) electrons. The lowest BCUT2D eigenvalue weighted by atomic mass is 10.2. The third-order valence-corrected chi connectivity index (χ3v) is 6.39. The summed E-state index contributed by atoms with van der Waals surface area (Å²) in [4.78, 5) is 13.7. The van der Waals surface area contributed by atoms with Crippen molar-refractivity contribution in [1.29, 1.82) is 0 Å². The Labute approximate surface area is 117 Å². The van der Waals surface area contributed by atoms with E-state index in [1.807, 2.05) is 6.92 Å². The highest BCUT2D eigenvalue weighted by atomic mass is 32.2. The Morgan fingerprint density at radius 3 is 2.68 bits per heavy atom. The zero-order valence-corrected chi connectivity index (χ0v) is 12.8. The fourth-order valence-corrected chi connectivity index (χ4v) is 5.56. The number of thiophene rings is 1. The highest BCUT2D eigenvalue weighted by molar-refractivity contribution is 7.89. The van der Waals surface area contributed by atoms with E-state index >= 15 is 0 Å². The SMILES string of the molecule is COC(=O)C1CCCN1S(=O)(=O)c1cc(C)sc1C. The van der Waals surface area contributed by atoms with E-state index in [-0.39, 0.29) is 0 Å². The number of sulfonamides is 1. The first-order valence-corrected chi connectivity index (χ1v) is 8.30. The minimum absolute atomic E-state index is 0.311. The van der Waals surface area contributed by atoms with E-state index in [0.29, 0.717) is 24.3 Å². The van der Waals surface area contributed by atoms with Gasteiger partial charge in [0.1, 0.15) is 6.04 Å². The van der Waals surface area contributed by atoms with Crippen LogP contribution in [-0.2, 0) is 19.6 Å². The van der Waals surface area contributed by atoms with Crippen molar-refractivity contribution in [3.8, 4) is 0 Å². The smallest absolute Gasteiger partial charge is 0.324 e. The van der Waals surface area contributed by atoms with E-state index < -0.39 is 22.0 Å². The number of rotatable bonds is 3. The molecule has 7 heteroatoms. The highest BCUT2D eigenvalue weighted by Crippen LogP contribution is 2.32. The fraction of sp³-hybridized carbons (Fsp3) is 0.583. The molecule has 0 spiro atoms. The quantitative estimate of drug-likeness (QED) is 0.797. The molecule has 0 amide bonds. The van der Waals surface area contributed by atoms with E-state index in [4.69, 9.17) is 0 Å². The number of esters is 1. The minimum atomic E-state index is -3.61. The van der Waals surface area contributed by atoms with Crippen molar-refractivity contribution in [3.05, 3.63) is 15.8 Å². The number of hydrogen-bond donors (Lipinski definition) is 0. The predicted octanol–water partition coefficient (Wildman–Crippen LogP) is 1.69. The molecule has 2 heterocycles. The second-order valence-electron chi connectivity index (χ2n) is 4.57. The Balaban J connectivity index is 2.39. The molecule has 0 N–H and O–H groups in total. The molecular weight excluding hydrogens is 286 g/mol. The van der Waals surface area contributed by atoms with Gasteiger partial charge in [0, 0.05) is 16.3 Å². The molecule has 1 atom stereocenters. The van der Waals surface area contributed by atoms with Gasteiger partial charge >= 0.3 is 5.97 Å². The second kappa shape index (κ2) is 5.22. The number of carbonyl (C=O) groups excluding carboxylic acids is 1. The van der Waals surface area contributed by atoms with Gasteiger partial charge in [0.25, 0.3) is 0 Å². The molecule has 1 aliphatic heterocycles. The van der Waals surface area contributed by atoms with Gasteiger partial charge in [-0.3, -0.25) is 4.79 Å². The van der Waals surface area contributed by atoms with Crippen molar-refractivity contribution >= 4 is 27.3 Å². The van der Waals surface area contributed by atoms with Crippen molar-refractivity contribution in [3.63, 3.8) is 0 Å². The standard InChI is InChI=1S/C12H17NO4S2/c1-8-7-11(9(2)18-8)19(15,16)13-6-4-5-10(13)12(14)17-3/h7,10H,4-6H2,1-3H3. The summed E-state index contributed by atoms with van der Waals surface area (Å²) in [5, 5.41) is 0. The Kier molecular flexibility index (Phi) is 3.98. The van der Waals surface area contributed by atoms with Crippen molar-refractivity contribution in [2.75, 3.05) is 13.7 Å². The van der Waals surface area contributed by atoms with E-state index in [9.17, 15) is 13.2 Å². The summed E-state index contributed by atoms with van der Waals surface area (Å²) in [6.07, 6.45) is 1.20. The lowest BCUT2D eigenvalue weighted by molar-refractivity contribution is -0.144. The monoisotopic (exact) mass is 303 g/mol. The van der Waals surface area contributed by atoms with Gasteiger partial charge < -0.3 is 4.74 Å². The average molecular weight is 303 g/mol. The van der Waals surface area contributed by atoms with Gasteiger partial charge in [0.05, 0.1) is 12.0 Å². The summed E-state index contributed by atoms with van der Waals surface area (Å²) in [6, 6.07) is 0.983. The predicted molar refractivity (Wildman–Crippen MR) is 72.7 cm³/mol. The number of nitrogens with zero attached hydrogens (tertiary/aromatic N) is 1. The maximum absolute atomic E-state index is 12.6. The average Bonchev–Trinajstić information content (AvgIpc) is 2.95. The molecule has 5 nitrogen and oxygen atoms in total. The molecule has 1 unspecified atom stereocenters. The lowest BCUT2D eigenvalue weighted by Gasteiger charge is -2.21. The first kappa shape index (κ1) is 14.5. The summed E-state index contributed by atoms with van der Waals surface area (Å²) in [6.45, 7) is 4.03. The number of ether oxygens (including phenoxy) is 1. The third-order valence-electron chi connectivity index (χ3n) is 3.26. The van der Waals surface area contributed by atoms with Crippen LogP contribution in [0.4, 0.5) is 0 Å². The van der Waals surface area contributed by atoms with Crippen LogP contribution in [0.1, 0.15) is 22.6 Å². The number of hydrogen-bond acceptors (Lipinski definition) is 5. The summed E-state index contributed by atoms with van der Waals surface area (Å²) in [5.41, 5.74) is 0. The molecule has 0 saturated carbocycles. The zero-order valence-electron chi connectivity index (χ0n) is 11.2. The number of methoxy groups -OCH3 is 1. The molecule has 106 valence electrons. The van der Waals surface area contributed by atoms with E-state index in [2.05, 4.69) is 4.74 Å². The van der Waals surface area contributed by atoms with Crippen molar-refractivity contribution in [1.82, 2.24) is 4.31 Å². The molecule has 1 fully saturated rings. The molecule has 19 heavy (non-hydrogen) atoms. The fourth-order valence-electron chi connectivity index (χ4n) is 2.39. The van der Waals surface area contributed by atoms with Crippen LogP contribution >= 0.6 is 11.3 Å². The molecule has 0 aromatic carbocycles. The Morgan fingerprint density at radius 1 is 1.47 bits per heavy atom. The van der Waals surface area contributed by atoms with Gasteiger partial charge in [-0.05, 0) is 32.8 Å². The molecule has 2 rings (SSSR count). The van der Waals surface area contributed by atoms with E-state index in [1.165, 1.54) is 22.8 Å². The van der Waals surface area contributed by atoms with Gasteiger partial charge in [0.15, 0.2) is 0 Å². The van der Waals surface area contributed by atoms with Crippen LogP contribution in [0.2, 0.25) is 0 Å². The Morgan fingerprint density at radius 2 is 2.16 bits per heavy atom. The number of aryl methyl sites for hydroxylation is 2. The van der Waals surface area contributed by atoms with Crippen molar-refractivity contribution in [2.45, 2.75) is 37.6 Å². The normalized spacial score (nSPS) is 20.7. The molecule has 0 aliphatic carbocycles. The lowest BCUT2D eigenvalue weighted by Crippen LogP contribution is -2.41. The van der Waals surface area contributed by atoms with Crippen LogP contribution < -0.4 is 0 Å². The van der Waals surface area contributed by atoms with Crippen LogP contribution in [-0.4, -0.2) is 38.4 Å². The van der Waals surface area contributed by atoms with Gasteiger partial charge in [-0.15, -0.1) is 11.3 Å². The summed E-state index contributed by atoms with van der Waals surface area (Å²) in [5.74, 6) is -0.481. The zero-order chi connectivity index (χ0) is 14.2. The second-order valence-corrected chi connectivity index (χ2v) is 7.89. The van der Waals surface area contributed by atoms with Crippen LogP contribution in [0, 0.1) is 13.8 Å². The number of carbonyl (C=O) groups is 1. The van der Waals surface area contributed by atoms with E-state index in [0.717, 1.165) is 9.75 Å². The largest absolute Gasteiger partial charge is 0.468 e. The summed E-state index contributed by atoms with van der Waals surface area (Å²) < 4.78 is 31.2. The molecule has 0 bridgehead atoms. The van der Waals surface area contributed by atoms with Crippen LogP contribution in [0.3, 0.4) is 0 Å². The van der Waals surface area contributed by atoms with Gasteiger partial charge in [0.2, 0.25) is 10.0 Å². The molecular formula is C12H17NO4S2. The highest BCUT2D eigenvalue weighted by Gasteiger charge is 2.40. The van der Waals surface area contributed by atoms with Crippen molar-refractivity contribution < 1.29 is 17.9 Å². The molecule has 1 aliphatic rings. The minimum Gasteiger partial charge on any atom is -0.468 e. The van der Waals surface area contributed by atoms with Crippen molar-refractivity contribution in [2.24, 2.45) is 0 Å². The van der Waals surface area contributed by atoms with Gasteiger partial charge in [-0.2, -0.15) is 4.31 Å². The van der Waals surface area contributed by atoms with Gasteiger partial charge in [-0.1, -0.05) is 0 Å². The maximum atomic E-state index is 12.6. The first-order valence-electron chi connectivity index (χ1n) is 6.04. The third kappa shape index (κ3) is 2.54. The first-order chi connectivity index (χ1) is 8.87.